The summed E-state index contributed by atoms with van der Waals surface area (Å²) in [6.07, 6.45) is 18.3. The molecule has 4 aliphatic carbocycles. The van der Waals surface area contributed by atoms with Crippen molar-refractivity contribution >= 4 is 6.09 Å². The van der Waals surface area contributed by atoms with E-state index in [1.54, 1.807) is 5.57 Å². The topological polar surface area (TPSA) is 66.0 Å². The average Bonchev–Trinajstić information content (AvgIpc) is 3.35. The van der Waals surface area contributed by atoms with Crippen LogP contribution in [0.2, 0.25) is 0 Å². The molecule has 0 bridgehead atoms. The Morgan fingerprint density at radius 3 is 2.34 bits per heavy atom. The average molecular weight is 618 g/mol. The number of ether oxygens (including phenoxy) is 4. The highest BCUT2D eigenvalue weighted by Crippen LogP contribution is 2.67. The van der Waals surface area contributed by atoms with E-state index >= 15 is 0 Å². The van der Waals surface area contributed by atoms with E-state index in [-0.39, 0.29) is 17.6 Å². The summed E-state index contributed by atoms with van der Waals surface area (Å²) in [6, 6.07) is 0. The van der Waals surface area contributed by atoms with Gasteiger partial charge in [-0.25, -0.2) is 4.79 Å². The molecule has 1 amide bonds. The quantitative estimate of drug-likeness (QED) is 0.123. The van der Waals surface area contributed by atoms with Crippen LogP contribution < -0.4 is 5.32 Å². The number of alkyl carbamates (subject to hydrolysis) is 1. The van der Waals surface area contributed by atoms with Gasteiger partial charge in [0.1, 0.15) is 6.10 Å². The van der Waals surface area contributed by atoms with Gasteiger partial charge in [-0.2, -0.15) is 0 Å². The second kappa shape index (κ2) is 17.2. The van der Waals surface area contributed by atoms with E-state index < -0.39 is 0 Å². The zero-order valence-electron chi connectivity index (χ0n) is 29.3. The highest BCUT2D eigenvalue weighted by Gasteiger charge is 2.59. The van der Waals surface area contributed by atoms with Gasteiger partial charge < -0.3 is 24.3 Å². The summed E-state index contributed by atoms with van der Waals surface area (Å²) in [6.45, 7) is 19.0. The van der Waals surface area contributed by atoms with Crippen molar-refractivity contribution in [3.8, 4) is 0 Å². The Balaban J connectivity index is 1.17. The third-order valence-corrected chi connectivity index (χ3v) is 12.4. The normalized spacial score (nSPS) is 33.7. The maximum atomic E-state index is 12.6. The van der Waals surface area contributed by atoms with Gasteiger partial charge in [-0.15, -0.1) is 0 Å². The molecule has 0 aromatic heterocycles. The molecule has 254 valence electrons. The third-order valence-electron chi connectivity index (χ3n) is 12.4. The lowest BCUT2D eigenvalue weighted by Crippen LogP contribution is -2.51. The predicted molar refractivity (Wildman–Crippen MR) is 179 cm³/mol. The first-order valence-electron chi connectivity index (χ1n) is 18.6. The number of allylic oxidation sites excluding steroid dienone is 1. The molecule has 4 aliphatic rings. The molecule has 6 heteroatoms. The van der Waals surface area contributed by atoms with Gasteiger partial charge in [-0.1, -0.05) is 72.5 Å². The number of amides is 1. The Bertz CT molecular complexity index is 906. The van der Waals surface area contributed by atoms with Gasteiger partial charge in [0.25, 0.3) is 0 Å². The second-order valence-electron chi connectivity index (χ2n) is 15.7. The Hall–Kier alpha value is -1.11. The standard InChI is InChI=1S/C38H67NO5/c1-7-21-41-23-25-43-26-24-42-22-9-20-39-36(40)44-31-16-18-37(5)30(27-31)12-13-32-34-15-14-33(29(4)11-8-10-28(2)3)38(34,6)19-17-35(32)37/h12,28-29,31-35H,7-11,13-27H2,1-6H3,(H,39,40)/t29?,31-,32?,33?,34?,35?,37-,38+/m1/s1. The number of carbonyl (C=O) groups excluding carboxylic acids is 1. The number of hydrogen-bond acceptors (Lipinski definition) is 5. The fourth-order valence-electron chi connectivity index (χ4n) is 10.00. The van der Waals surface area contributed by atoms with E-state index in [2.05, 4.69) is 52.9 Å². The molecular formula is C38H67NO5. The molecule has 4 rings (SSSR count). The molecule has 0 saturated heterocycles. The zero-order chi connectivity index (χ0) is 31.6. The van der Waals surface area contributed by atoms with E-state index in [4.69, 9.17) is 18.9 Å². The first-order valence-corrected chi connectivity index (χ1v) is 18.6. The van der Waals surface area contributed by atoms with Crippen LogP contribution in [0, 0.1) is 46.3 Å². The summed E-state index contributed by atoms with van der Waals surface area (Å²) < 4.78 is 22.4. The van der Waals surface area contributed by atoms with Gasteiger partial charge in [0.15, 0.2) is 0 Å². The minimum Gasteiger partial charge on any atom is -0.446 e. The van der Waals surface area contributed by atoms with E-state index in [1.165, 1.54) is 51.4 Å². The van der Waals surface area contributed by atoms with Gasteiger partial charge in [-0.05, 0) is 104 Å². The monoisotopic (exact) mass is 618 g/mol. The molecule has 5 unspecified atom stereocenters. The largest absolute Gasteiger partial charge is 0.446 e. The lowest BCUT2D eigenvalue weighted by Gasteiger charge is -2.58. The van der Waals surface area contributed by atoms with Crippen molar-refractivity contribution in [1.29, 1.82) is 0 Å². The number of nitrogens with one attached hydrogen (secondary N) is 1. The molecule has 0 aliphatic heterocycles. The Labute approximate surface area is 270 Å². The van der Waals surface area contributed by atoms with Crippen LogP contribution in [-0.2, 0) is 18.9 Å². The van der Waals surface area contributed by atoms with Crippen molar-refractivity contribution in [2.24, 2.45) is 46.3 Å². The third kappa shape index (κ3) is 9.03. The lowest BCUT2D eigenvalue weighted by molar-refractivity contribution is -0.0581. The summed E-state index contributed by atoms with van der Waals surface area (Å²) in [4.78, 5) is 12.6. The molecule has 3 saturated carbocycles. The highest BCUT2D eigenvalue weighted by atomic mass is 16.6. The predicted octanol–water partition coefficient (Wildman–Crippen LogP) is 8.97. The van der Waals surface area contributed by atoms with Crippen LogP contribution in [0.1, 0.15) is 125 Å². The summed E-state index contributed by atoms with van der Waals surface area (Å²) in [5.74, 6) is 5.11. The van der Waals surface area contributed by atoms with Crippen molar-refractivity contribution in [3.63, 3.8) is 0 Å². The minimum absolute atomic E-state index is 0.00279. The van der Waals surface area contributed by atoms with Gasteiger partial charge in [0.2, 0.25) is 0 Å². The number of fused-ring (bicyclic) bond motifs is 5. The molecule has 0 aromatic carbocycles. The van der Waals surface area contributed by atoms with E-state index in [0.717, 1.165) is 74.2 Å². The molecule has 8 atom stereocenters. The van der Waals surface area contributed by atoms with Crippen LogP contribution in [0.5, 0.6) is 0 Å². The maximum absolute atomic E-state index is 12.6. The van der Waals surface area contributed by atoms with Crippen LogP contribution in [0.25, 0.3) is 0 Å². The molecule has 0 spiro atoms. The molecular weight excluding hydrogens is 550 g/mol. The number of rotatable bonds is 18. The van der Waals surface area contributed by atoms with E-state index in [9.17, 15) is 4.79 Å². The van der Waals surface area contributed by atoms with Crippen LogP contribution in [0.15, 0.2) is 11.6 Å². The summed E-state index contributed by atoms with van der Waals surface area (Å²) in [5, 5.41) is 2.94. The number of carbonyl (C=O) groups is 1. The Morgan fingerprint density at radius 2 is 1.61 bits per heavy atom. The molecule has 0 radical (unpaired) electrons. The molecule has 44 heavy (non-hydrogen) atoms. The Kier molecular flexibility index (Phi) is 13.9. The van der Waals surface area contributed by atoms with Crippen LogP contribution in [0.3, 0.4) is 0 Å². The fraction of sp³-hybridized carbons (Fsp3) is 0.921. The fourth-order valence-corrected chi connectivity index (χ4v) is 10.00. The second-order valence-corrected chi connectivity index (χ2v) is 15.7. The first-order chi connectivity index (χ1) is 21.2. The van der Waals surface area contributed by atoms with Crippen LogP contribution in [0.4, 0.5) is 4.79 Å². The van der Waals surface area contributed by atoms with Gasteiger partial charge >= 0.3 is 6.09 Å². The first kappa shape index (κ1) is 35.7. The molecule has 1 N–H and O–H groups in total. The van der Waals surface area contributed by atoms with Gasteiger partial charge in [-0.3, -0.25) is 0 Å². The summed E-state index contributed by atoms with van der Waals surface area (Å²) in [5.41, 5.74) is 2.39. The molecule has 3 fully saturated rings. The van der Waals surface area contributed by atoms with Crippen molar-refractivity contribution in [2.75, 3.05) is 46.2 Å². The highest BCUT2D eigenvalue weighted by molar-refractivity contribution is 5.67. The molecule has 0 heterocycles. The summed E-state index contributed by atoms with van der Waals surface area (Å²) in [7, 11) is 0. The van der Waals surface area contributed by atoms with E-state index in [0.29, 0.717) is 45.0 Å². The lowest BCUT2D eigenvalue weighted by atomic mass is 9.47. The molecule has 6 nitrogen and oxygen atoms in total. The van der Waals surface area contributed by atoms with Crippen molar-refractivity contribution < 1.29 is 23.7 Å². The maximum Gasteiger partial charge on any atom is 0.407 e. The number of hydrogen-bond donors (Lipinski definition) is 1. The SMILES string of the molecule is CCCOCCOCCOCCCNC(=O)O[C@@H]1CC[C@]2(C)C(=CCC3C4CCC(C(C)CCCC(C)C)[C@]4(C)CCC32)C1. The molecule has 0 aromatic rings. The van der Waals surface area contributed by atoms with Crippen molar-refractivity contribution in [2.45, 2.75) is 131 Å². The Morgan fingerprint density at radius 1 is 0.886 bits per heavy atom. The van der Waals surface area contributed by atoms with Crippen molar-refractivity contribution in [1.82, 2.24) is 5.32 Å². The zero-order valence-corrected chi connectivity index (χ0v) is 29.3. The van der Waals surface area contributed by atoms with Crippen LogP contribution >= 0.6 is 0 Å². The van der Waals surface area contributed by atoms with Gasteiger partial charge in [0.05, 0.1) is 26.4 Å². The smallest absolute Gasteiger partial charge is 0.407 e. The minimum atomic E-state index is -0.281. The summed E-state index contributed by atoms with van der Waals surface area (Å²) >= 11 is 0. The van der Waals surface area contributed by atoms with Gasteiger partial charge in [0, 0.05) is 26.2 Å². The van der Waals surface area contributed by atoms with Crippen molar-refractivity contribution in [3.05, 3.63) is 11.6 Å². The van der Waals surface area contributed by atoms with E-state index in [1.807, 2.05) is 0 Å². The van der Waals surface area contributed by atoms with Crippen LogP contribution in [-0.4, -0.2) is 58.4 Å².